The molecule has 1 N–H and O–H groups in total. The second-order valence-electron chi connectivity index (χ2n) is 8.65. The van der Waals surface area contributed by atoms with E-state index in [4.69, 9.17) is 25.8 Å². The Hall–Kier alpha value is -3.78. The van der Waals surface area contributed by atoms with Crippen LogP contribution < -0.4 is 14.2 Å². The summed E-state index contributed by atoms with van der Waals surface area (Å²) in [5, 5.41) is 12.4. The van der Waals surface area contributed by atoms with Crippen molar-refractivity contribution >= 4 is 46.0 Å². The molecule has 0 saturated carbocycles. The lowest BCUT2D eigenvalue weighted by atomic mass is 9.73. The van der Waals surface area contributed by atoms with Crippen LogP contribution in [0.1, 0.15) is 23.7 Å². The van der Waals surface area contributed by atoms with Gasteiger partial charge in [-0.1, -0.05) is 24.6 Å². The highest BCUT2D eigenvalue weighted by Crippen LogP contribution is 2.54. The van der Waals surface area contributed by atoms with Crippen LogP contribution in [-0.4, -0.2) is 47.3 Å². The number of aromatic nitrogens is 1. The molecule has 1 aliphatic carbocycles. The van der Waals surface area contributed by atoms with Gasteiger partial charge in [-0.2, -0.15) is 0 Å². The number of allylic oxidation sites excluding steroid dienone is 1. The highest BCUT2D eigenvalue weighted by molar-refractivity contribution is 6.35. The summed E-state index contributed by atoms with van der Waals surface area (Å²) in [5.74, 6) is -1.54. The first-order valence-corrected chi connectivity index (χ1v) is 11.4. The van der Waals surface area contributed by atoms with Crippen LogP contribution in [0, 0.1) is 5.92 Å². The number of nitrogens with zero attached hydrogens (tertiary/aromatic N) is 2. The van der Waals surface area contributed by atoms with E-state index >= 15 is 0 Å². The zero-order valence-corrected chi connectivity index (χ0v) is 20.3. The van der Waals surface area contributed by atoms with Crippen LogP contribution in [0.2, 0.25) is 5.02 Å². The van der Waals surface area contributed by atoms with Gasteiger partial charge < -0.3 is 23.9 Å². The third-order valence-electron chi connectivity index (χ3n) is 6.75. The molecule has 0 amide bonds. The Morgan fingerprint density at radius 2 is 1.97 bits per heavy atom. The molecule has 2 aromatic carbocycles. The second-order valence-corrected chi connectivity index (χ2v) is 9.03. The maximum absolute atomic E-state index is 13.8. The average molecular weight is 495 g/mol. The highest BCUT2D eigenvalue weighted by Gasteiger charge is 2.60. The van der Waals surface area contributed by atoms with Crippen molar-refractivity contribution < 1.29 is 28.9 Å². The maximum atomic E-state index is 13.8. The predicted molar refractivity (Wildman–Crippen MR) is 132 cm³/mol. The number of ketones is 2. The molecule has 1 aliphatic heterocycles. The Kier molecular flexibility index (Phi) is 5.36. The van der Waals surface area contributed by atoms with E-state index in [1.807, 2.05) is 42.1 Å². The summed E-state index contributed by atoms with van der Waals surface area (Å²) in [7, 11) is 4.77. The number of hydrogen-bond donors (Lipinski definition) is 1. The summed E-state index contributed by atoms with van der Waals surface area (Å²) >= 11 is 6.46. The lowest BCUT2D eigenvalue weighted by molar-refractivity contribution is -0.118. The first-order valence-electron chi connectivity index (χ1n) is 11.0. The van der Waals surface area contributed by atoms with Gasteiger partial charge in [0.05, 0.1) is 25.5 Å². The number of hydrogen-bond acceptors (Lipinski definition) is 7. The Labute approximate surface area is 206 Å². The normalized spacial score (nSPS) is 21.8. The van der Waals surface area contributed by atoms with Crippen LogP contribution in [0.15, 0.2) is 52.9 Å². The average Bonchev–Trinajstić information content (AvgIpc) is 3.38. The first kappa shape index (κ1) is 23.0. The lowest BCUT2D eigenvalue weighted by Crippen LogP contribution is -2.52. The van der Waals surface area contributed by atoms with E-state index in [1.165, 1.54) is 26.5 Å². The highest BCUT2D eigenvalue weighted by atomic mass is 35.5. The molecule has 2 unspecified atom stereocenters. The zero-order chi connectivity index (χ0) is 25.1. The van der Waals surface area contributed by atoms with Crippen molar-refractivity contribution in [2.24, 2.45) is 18.0 Å². The number of benzene rings is 2. The fraction of sp³-hybridized carbons (Fsp3) is 0.269. The number of aryl methyl sites for hydroxylation is 1. The molecule has 8 nitrogen and oxygen atoms in total. The number of aliphatic imine (C=N–C) groups is 1. The van der Waals surface area contributed by atoms with Gasteiger partial charge in [0.15, 0.2) is 17.3 Å². The van der Waals surface area contributed by atoms with Crippen LogP contribution in [0.5, 0.6) is 17.2 Å². The van der Waals surface area contributed by atoms with Gasteiger partial charge in [-0.3, -0.25) is 14.6 Å². The molecule has 9 heteroatoms. The van der Waals surface area contributed by atoms with Crippen LogP contribution >= 0.6 is 11.6 Å². The summed E-state index contributed by atoms with van der Waals surface area (Å²) in [6.45, 7) is 1.67. The van der Waals surface area contributed by atoms with Gasteiger partial charge in [-0.05, 0) is 18.2 Å². The van der Waals surface area contributed by atoms with Crippen molar-refractivity contribution in [2.75, 3.05) is 14.2 Å². The Morgan fingerprint density at radius 1 is 1.23 bits per heavy atom. The minimum Gasteiger partial charge on any atom is -0.507 e. The molecule has 2 atom stereocenters. The predicted octanol–water partition coefficient (Wildman–Crippen LogP) is 4.99. The molecule has 3 aromatic rings. The van der Waals surface area contributed by atoms with E-state index < -0.39 is 23.1 Å². The number of carbonyl (C=O) groups excluding carboxylic acids is 2. The summed E-state index contributed by atoms with van der Waals surface area (Å²) < 4.78 is 18.8. The number of carbonyl (C=O) groups is 2. The molecule has 2 heterocycles. The van der Waals surface area contributed by atoms with Crippen molar-refractivity contribution in [1.82, 2.24) is 4.57 Å². The Morgan fingerprint density at radius 3 is 2.69 bits per heavy atom. The van der Waals surface area contributed by atoms with E-state index in [-0.39, 0.29) is 45.6 Å². The molecule has 1 aromatic heterocycles. The third kappa shape index (κ3) is 3.16. The molecular weight excluding hydrogens is 472 g/mol. The summed E-state index contributed by atoms with van der Waals surface area (Å²) in [6.07, 6.45) is 3.18. The van der Waals surface area contributed by atoms with E-state index in [2.05, 4.69) is 4.99 Å². The van der Waals surface area contributed by atoms with Crippen molar-refractivity contribution in [2.45, 2.75) is 18.9 Å². The van der Waals surface area contributed by atoms with Gasteiger partial charge in [0.1, 0.15) is 22.1 Å². The van der Waals surface area contributed by atoms with Crippen molar-refractivity contribution in [3.05, 3.63) is 58.4 Å². The quantitative estimate of drug-likeness (QED) is 0.513. The molecule has 0 radical (unpaired) electrons. The number of fused-ring (bicyclic) bond motifs is 2. The number of rotatable bonds is 4. The van der Waals surface area contributed by atoms with Gasteiger partial charge in [0, 0.05) is 48.8 Å². The molecule has 180 valence electrons. The Balaban J connectivity index is 1.65. The van der Waals surface area contributed by atoms with Gasteiger partial charge in [0.25, 0.3) is 0 Å². The molecule has 0 fully saturated rings. The maximum Gasteiger partial charge on any atom is 0.231 e. The van der Waals surface area contributed by atoms with Crippen molar-refractivity contribution in [3.63, 3.8) is 0 Å². The number of aliphatic hydroxyl groups is 1. The topological polar surface area (TPSA) is 99.3 Å². The minimum absolute atomic E-state index is 0.0300. The molecule has 0 bridgehead atoms. The first-order chi connectivity index (χ1) is 16.7. The second kappa shape index (κ2) is 8.16. The summed E-state index contributed by atoms with van der Waals surface area (Å²) in [5.41, 5.74) is -0.228. The van der Waals surface area contributed by atoms with Gasteiger partial charge in [0.2, 0.25) is 11.4 Å². The number of aliphatic hydroxyl groups excluding tert-OH is 1. The van der Waals surface area contributed by atoms with E-state index in [1.54, 1.807) is 6.92 Å². The third-order valence-corrected chi connectivity index (χ3v) is 7.11. The van der Waals surface area contributed by atoms with Gasteiger partial charge >= 0.3 is 0 Å². The lowest BCUT2D eigenvalue weighted by Gasteiger charge is -2.36. The number of ether oxygens (including phenoxy) is 3. The fourth-order valence-corrected chi connectivity index (χ4v) is 5.11. The number of methoxy groups -OCH3 is 2. The molecule has 0 saturated heterocycles. The van der Waals surface area contributed by atoms with Crippen molar-refractivity contribution in [1.29, 1.82) is 0 Å². The van der Waals surface area contributed by atoms with Gasteiger partial charge in [-0.15, -0.1) is 0 Å². The van der Waals surface area contributed by atoms with E-state index in [0.717, 1.165) is 10.9 Å². The largest absolute Gasteiger partial charge is 0.507 e. The van der Waals surface area contributed by atoms with Crippen LogP contribution in [0.4, 0.5) is 5.69 Å². The van der Waals surface area contributed by atoms with E-state index in [0.29, 0.717) is 5.69 Å². The molecule has 1 spiro atoms. The summed E-state index contributed by atoms with van der Waals surface area (Å²) in [4.78, 5) is 31.2. The molecular formula is C26H23ClN2O6. The summed E-state index contributed by atoms with van der Waals surface area (Å²) in [6, 6.07) is 9.04. The SMILES string of the molecule is COc1cc(OC)c2c(c1Cl)OC1(C2=O)C(O)=C(C=Nc2cccc3c2ccn3C)C(=O)CC1C. The molecule has 2 aliphatic rings. The number of Topliss-reactive ketones (excluding diaryl/α,β-unsaturated/α-hetero) is 2. The van der Waals surface area contributed by atoms with Crippen LogP contribution in [-0.2, 0) is 11.8 Å². The van der Waals surface area contributed by atoms with Crippen LogP contribution in [0.3, 0.4) is 0 Å². The monoisotopic (exact) mass is 494 g/mol. The van der Waals surface area contributed by atoms with E-state index in [9.17, 15) is 14.7 Å². The Bertz CT molecular complexity index is 1470. The fourth-order valence-electron chi connectivity index (χ4n) is 4.85. The smallest absolute Gasteiger partial charge is 0.231 e. The number of halogens is 1. The standard InChI is InChI=1S/C26H23ClN2O6/c1-13-10-18(30)15(12-28-16-6-5-7-17-14(16)8-9-29(17)2)24(31)26(13)25(32)21-19(33-3)11-20(34-4)22(27)23(21)35-26/h5-9,11-13,31H,10H2,1-4H3. The van der Waals surface area contributed by atoms with Crippen LogP contribution in [0.25, 0.3) is 10.9 Å². The molecule has 35 heavy (non-hydrogen) atoms. The molecule has 5 rings (SSSR count). The van der Waals surface area contributed by atoms with Crippen molar-refractivity contribution in [3.8, 4) is 17.2 Å². The zero-order valence-electron chi connectivity index (χ0n) is 19.6. The minimum atomic E-state index is -1.83. The van der Waals surface area contributed by atoms with Gasteiger partial charge in [-0.25, -0.2) is 0 Å².